The molecule has 0 atom stereocenters. The van der Waals surface area contributed by atoms with E-state index in [0.29, 0.717) is 25.6 Å². The molecule has 2 aliphatic carbocycles. The zero-order valence-electron chi connectivity index (χ0n) is 18.0. The zero-order chi connectivity index (χ0) is 20.4. The SMILES string of the molecule is CCNC(=NCC1(C(=O)N(C)C)CCCC1)NCCNC(=O)C1CCCCC1. The highest BCUT2D eigenvalue weighted by Gasteiger charge is 2.42. The Kier molecular flexibility index (Phi) is 9.06. The van der Waals surface area contributed by atoms with Crippen LogP contribution in [0.1, 0.15) is 64.7 Å². The van der Waals surface area contributed by atoms with Crippen LogP contribution in [0.4, 0.5) is 0 Å². The van der Waals surface area contributed by atoms with Gasteiger partial charge in [0.2, 0.25) is 11.8 Å². The van der Waals surface area contributed by atoms with Crippen LogP contribution in [0.5, 0.6) is 0 Å². The second kappa shape index (κ2) is 11.3. The minimum Gasteiger partial charge on any atom is -0.357 e. The Morgan fingerprint density at radius 3 is 2.21 bits per heavy atom. The standard InChI is InChI=1S/C21H39N5O2/c1-4-22-20(24-15-14-23-18(27)17-10-6-5-7-11-17)25-16-21(12-8-9-13-21)19(28)26(2)3/h17H,4-16H2,1-3H3,(H,23,27)(H2,22,24,25). The fourth-order valence-corrected chi connectivity index (χ4v) is 4.41. The summed E-state index contributed by atoms with van der Waals surface area (Å²) in [7, 11) is 3.65. The Labute approximate surface area is 170 Å². The number of nitrogens with one attached hydrogen (secondary N) is 3. The third-order valence-corrected chi connectivity index (χ3v) is 6.00. The Hall–Kier alpha value is -1.79. The second-order valence-corrected chi connectivity index (χ2v) is 8.43. The number of carbonyl (C=O) groups is 2. The minimum atomic E-state index is -0.360. The molecule has 0 bridgehead atoms. The van der Waals surface area contributed by atoms with E-state index in [4.69, 9.17) is 4.99 Å². The van der Waals surface area contributed by atoms with Gasteiger partial charge in [-0.05, 0) is 32.6 Å². The molecule has 0 radical (unpaired) electrons. The molecule has 7 heteroatoms. The number of hydrogen-bond donors (Lipinski definition) is 3. The lowest BCUT2D eigenvalue weighted by molar-refractivity contribution is -0.138. The lowest BCUT2D eigenvalue weighted by atomic mass is 9.85. The summed E-state index contributed by atoms with van der Waals surface area (Å²) in [6, 6.07) is 0. The predicted molar refractivity (Wildman–Crippen MR) is 113 cm³/mol. The number of aliphatic imine (C=N–C) groups is 1. The maximum absolute atomic E-state index is 12.7. The Morgan fingerprint density at radius 1 is 0.964 bits per heavy atom. The Bertz CT molecular complexity index is 535. The highest BCUT2D eigenvalue weighted by Crippen LogP contribution is 2.39. The van der Waals surface area contributed by atoms with Crippen LogP contribution in [-0.2, 0) is 9.59 Å². The van der Waals surface area contributed by atoms with Crippen LogP contribution in [0.3, 0.4) is 0 Å². The van der Waals surface area contributed by atoms with E-state index in [1.807, 2.05) is 21.0 Å². The molecule has 3 N–H and O–H groups in total. The van der Waals surface area contributed by atoms with Gasteiger partial charge in [-0.25, -0.2) is 0 Å². The van der Waals surface area contributed by atoms with Crippen LogP contribution in [-0.4, -0.2) is 62.9 Å². The van der Waals surface area contributed by atoms with E-state index in [2.05, 4.69) is 16.0 Å². The highest BCUT2D eigenvalue weighted by molar-refractivity contribution is 5.84. The Morgan fingerprint density at radius 2 is 1.61 bits per heavy atom. The lowest BCUT2D eigenvalue weighted by Gasteiger charge is -2.29. The maximum Gasteiger partial charge on any atom is 0.230 e. The van der Waals surface area contributed by atoms with Crippen LogP contribution < -0.4 is 16.0 Å². The van der Waals surface area contributed by atoms with Gasteiger partial charge in [0, 0.05) is 39.6 Å². The summed E-state index contributed by atoms with van der Waals surface area (Å²) in [5.41, 5.74) is -0.360. The smallest absolute Gasteiger partial charge is 0.230 e. The molecule has 2 amide bonds. The fraction of sp³-hybridized carbons (Fsp3) is 0.857. The zero-order valence-corrected chi connectivity index (χ0v) is 18.0. The predicted octanol–water partition coefficient (Wildman–Crippen LogP) is 1.89. The number of rotatable bonds is 8. The molecule has 2 fully saturated rings. The number of guanidine groups is 1. The molecular formula is C21H39N5O2. The van der Waals surface area contributed by atoms with Crippen molar-refractivity contribution in [1.29, 1.82) is 0 Å². The monoisotopic (exact) mass is 393 g/mol. The van der Waals surface area contributed by atoms with Crippen molar-refractivity contribution in [3.63, 3.8) is 0 Å². The summed E-state index contributed by atoms with van der Waals surface area (Å²) in [4.78, 5) is 31.3. The first kappa shape index (κ1) is 22.5. The van der Waals surface area contributed by atoms with E-state index < -0.39 is 0 Å². The van der Waals surface area contributed by atoms with Crippen molar-refractivity contribution in [3.05, 3.63) is 0 Å². The number of carbonyl (C=O) groups excluding carboxylic acids is 2. The summed E-state index contributed by atoms with van der Waals surface area (Å²) in [5, 5.41) is 9.57. The molecule has 7 nitrogen and oxygen atoms in total. The molecule has 0 aliphatic heterocycles. The third kappa shape index (κ3) is 6.38. The molecule has 28 heavy (non-hydrogen) atoms. The van der Waals surface area contributed by atoms with E-state index in [0.717, 1.165) is 45.1 Å². The summed E-state index contributed by atoms with van der Waals surface area (Å²) in [6.07, 6.45) is 9.62. The molecule has 2 rings (SSSR count). The molecule has 0 heterocycles. The van der Waals surface area contributed by atoms with Crippen LogP contribution >= 0.6 is 0 Å². The van der Waals surface area contributed by atoms with Crippen LogP contribution in [0.25, 0.3) is 0 Å². The summed E-state index contributed by atoms with van der Waals surface area (Å²) in [6.45, 7) is 4.50. The van der Waals surface area contributed by atoms with Crippen molar-refractivity contribution in [2.45, 2.75) is 64.7 Å². The van der Waals surface area contributed by atoms with Gasteiger partial charge < -0.3 is 20.9 Å². The number of nitrogens with zero attached hydrogens (tertiary/aromatic N) is 2. The molecule has 160 valence electrons. The average molecular weight is 394 g/mol. The third-order valence-electron chi connectivity index (χ3n) is 6.00. The van der Waals surface area contributed by atoms with Gasteiger partial charge in [0.15, 0.2) is 5.96 Å². The minimum absolute atomic E-state index is 0.185. The van der Waals surface area contributed by atoms with E-state index in [-0.39, 0.29) is 23.1 Å². The topological polar surface area (TPSA) is 85.8 Å². The molecular weight excluding hydrogens is 354 g/mol. The van der Waals surface area contributed by atoms with Crippen molar-refractivity contribution in [3.8, 4) is 0 Å². The fourth-order valence-electron chi connectivity index (χ4n) is 4.41. The first-order valence-electron chi connectivity index (χ1n) is 11.0. The lowest BCUT2D eigenvalue weighted by Crippen LogP contribution is -2.44. The quantitative estimate of drug-likeness (QED) is 0.334. The number of hydrogen-bond acceptors (Lipinski definition) is 3. The second-order valence-electron chi connectivity index (χ2n) is 8.43. The van der Waals surface area contributed by atoms with Crippen LogP contribution in [0, 0.1) is 11.3 Å². The number of amides is 2. The van der Waals surface area contributed by atoms with E-state index in [1.54, 1.807) is 4.90 Å². The van der Waals surface area contributed by atoms with Crippen LogP contribution in [0.15, 0.2) is 4.99 Å². The van der Waals surface area contributed by atoms with Crippen molar-refractivity contribution in [2.75, 3.05) is 40.3 Å². The first-order valence-corrected chi connectivity index (χ1v) is 11.0. The van der Waals surface area contributed by atoms with Crippen molar-refractivity contribution < 1.29 is 9.59 Å². The molecule has 0 aromatic carbocycles. The molecule has 0 aromatic rings. The summed E-state index contributed by atoms with van der Waals surface area (Å²) in [5.74, 6) is 1.27. The van der Waals surface area contributed by atoms with Crippen molar-refractivity contribution in [1.82, 2.24) is 20.9 Å². The molecule has 0 unspecified atom stereocenters. The normalized spacial score (nSPS) is 19.9. The molecule has 0 aromatic heterocycles. The van der Waals surface area contributed by atoms with Gasteiger partial charge in [-0.3, -0.25) is 14.6 Å². The van der Waals surface area contributed by atoms with Gasteiger partial charge in [0.05, 0.1) is 12.0 Å². The first-order chi connectivity index (χ1) is 13.5. The molecule has 0 saturated heterocycles. The van der Waals surface area contributed by atoms with Crippen molar-refractivity contribution in [2.24, 2.45) is 16.3 Å². The van der Waals surface area contributed by atoms with Gasteiger partial charge in [0.25, 0.3) is 0 Å². The maximum atomic E-state index is 12.7. The van der Waals surface area contributed by atoms with Crippen LogP contribution in [0.2, 0.25) is 0 Å². The largest absolute Gasteiger partial charge is 0.357 e. The Balaban J connectivity index is 1.82. The van der Waals surface area contributed by atoms with Gasteiger partial charge in [-0.2, -0.15) is 0 Å². The van der Waals surface area contributed by atoms with E-state index in [1.165, 1.54) is 19.3 Å². The van der Waals surface area contributed by atoms with Gasteiger partial charge >= 0.3 is 0 Å². The highest BCUT2D eigenvalue weighted by atomic mass is 16.2. The summed E-state index contributed by atoms with van der Waals surface area (Å²) >= 11 is 0. The average Bonchev–Trinajstić information content (AvgIpc) is 3.19. The molecule has 2 saturated carbocycles. The van der Waals surface area contributed by atoms with Gasteiger partial charge in [-0.1, -0.05) is 32.1 Å². The van der Waals surface area contributed by atoms with Gasteiger partial charge in [-0.15, -0.1) is 0 Å². The molecule has 2 aliphatic rings. The van der Waals surface area contributed by atoms with E-state index in [9.17, 15) is 9.59 Å². The van der Waals surface area contributed by atoms with Gasteiger partial charge in [0.1, 0.15) is 0 Å². The molecule has 0 spiro atoms. The van der Waals surface area contributed by atoms with E-state index >= 15 is 0 Å². The summed E-state index contributed by atoms with van der Waals surface area (Å²) < 4.78 is 0. The van der Waals surface area contributed by atoms with Crippen molar-refractivity contribution >= 4 is 17.8 Å².